The van der Waals surface area contributed by atoms with Gasteiger partial charge in [0.25, 0.3) is 0 Å². The third-order valence-corrected chi connectivity index (χ3v) is 3.46. The summed E-state index contributed by atoms with van der Waals surface area (Å²) in [5.41, 5.74) is 1.22. The van der Waals surface area contributed by atoms with Crippen molar-refractivity contribution in [3.63, 3.8) is 0 Å². The van der Waals surface area contributed by atoms with Gasteiger partial charge in [0.05, 0.1) is 0 Å². The maximum atomic E-state index is 4.49. The van der Waals surface area contributed by atoms with E-state index in [1.54, 1.807) is 6.33 Å². The molecular formula is C14H24N4. The van der Waals surface area contributed by atoms with Crippen LogP contribution in [0, 0.1) is 5.92 Å². The van der Waals surface area contributed by atoms with Crippen LogP contribution >= 0.6 is 0 Å². The summed E-state index contributed by atoms with van der Waals surface area (Å²) in [4.78, 5) is 11.1. The first-order chi connectivity index (χ1) is 8.81. The topological polar surface area (TPSA) is 41.1 Å². The minimum Gasteiger partial charge on any atom is -0.356 e. The fourth-order valence-corrected chi connectivity index (χ4v) is 2.54. The van der Waals surface area contributed by atoms with Gasteiger partial charge < -0.3 is 10.2 Å². The molecular weight excluding hydrogens is 224 g/mol. The largest absolute Gasteiger partial charge is 0.356 e. The predicted octanol–water partition coefficient (Wildman–Crippen LogP) is 2.21. The highest BCUT2D eigenvalue weighted by atomic mass is 15.2. The molecule has 0 aromatic carbocycles. The van der Waals surface area contributed by atoms with Gasteiger partial charge >= 0.3 is 0 Å². The number of aromatic nitrogens is 2. The second-order valence-corrected chi connectivity index (χ2v) is 5.24. The zero-order chi connectivity index (χ0) is 12.8. The lowest BCUT2D eigenvalue weighted by atomic mass is 10.00. The summed E-state index contributed by atoms with van der Waals surface area (Å²) >= 11 is 0. The average Bonchev–Trinajstić information content (AvgIpc) is 2.40. The summed E-state index contributed by atoms with van der Waals surface area (Å²) in [6.07, 6.45) is 7.38. The van der Waals surface area contributed by atoms with Crippen molar-refractivity contribution in [3.8, 4) is 0 Å². The summed E-state index contributed by atoms with van der Waals surface area (Å²) < 4.78 is 0. The van der Waals surface area contributed by atoms with E-state index in [1.807, 2.05) is 6.20 Å². The minimum absolute atomic E-state index is 0.769. The van der Waals surface area contributed by atoms with Crippen LogP contribution in [-0.2, 0) is 6.54 Å². The van der Waals surface area contributed by atoms with E-state index in [0.29, 0.717) is 0 Å². The lowest BCUT2D eigenvalue weighted by Crippen LogP contribution is -2.36. The first-order valence-corrected chi connectivity index (χ1v) is 7.05. The number of nitrogens with zero attached hydrogens (tertiary/aromatic N) is 3. The molecule has 1 atom stereocenters. The quantitative estimate of drug-likeness (QED) is 0.811. The Kier molecular flexibility index (Phi) is 4.93. The molecule has 0 spiro atoms. The highest BCUT2D eigenvalue weighted by Crippen LogP contribution is 2.23. The van der Waals surface area contributed by atoms with Crippen molar-refractivity contribution in [2.45, 2.75) is 39.7 Å². The second-order valence-electron chi connectivity index (χ2n) is 5.24. The molecule has 0 amide bonds. The Morgan fingerprint density at radius 3 is 3.17 bits per heavy atom. The summed E-state index contributed by atoms with van der Waals surface area (Å²) in [5.74, 6) is 1.89. The van der Waals surface area contributed by atoms with Crippen LogP contribution in [0.15, 0.2) is 12.5 Å². The lowest BCUT2D eigenvalue weighted by molar-refractivity contribution is 0.443. The second kappa shape index (κ2) is 6.69. The first kappa shape index (κ1) is 13.3. The zero-order valence-electron chi connectivity index (χ0n) is 11.5. The van der Waals surface area contributed by atoms with E-state index in [2.05, 4.69) is 34.0 Å². The Morgan fingerprint density at radius 2 is 2.39 bits per heavy atom. The molecule has 1 aromatic rings. The van der Waals surface area contributed by atoms with E-state index < -0.39 is 0 Å². The van der Waals surface area contributed by atoms with E-state index in [1.165, 1.54) is 18.4 Å². The van der Waals surface area contributed by atoms with Gasteiger partial charge in [0, 0.05) is 31.4 Å². The Morgan fingerprint density at radius 1 is 1.50 bits per heavy atom. The van der Waals surface area contributed by atoms with E-state index in [0.717, 1.165) is 44.3 Å². The molecule has 1 aromatic heterocycles. The summed E-state index contributed by atoms with van der Waals surface area (Å²) in [5, 5.41) is 3.44. The van der Waals surface area contributed by atoms with Crippen LogP contribution < -0.4 is 10.2 Å². The van der Waals surface area contributed by atoms with Gasteiger partial charge in [-0.15, -0.1) is 0 Å². The Labute approximate surface area is 110 Å². The number of piperidine rings is 1. The van der Waals surface area contributed by atoms with Crippen LogP contribution in [0.1, 0.15) is 38.7 Å². The molecule has 18 heavy (non-hydrogen) atoms. The number of hydrogen-bond donors (Lipinski definition) is 1. The predicted molar refractivity (Wildman–Crippen MR) is 74.6 cm³/mol. The molecule has 4 nitrogen and oxygen atoms in total. The summed E-state index contributed by atoms with van der Waals surface area (Å²) in [6.45, 7) is 8.67. The fraction of sp³-hybridized carbons (Fsp3) is 0.714. The summed E-state index contributed by atoms with van der Waals surface area (Å²) in [6, 6.07) is 0. The van der Waals surface area contributed by atoms with Gasteiger partial charge in [0.2, 0.25) is 0 Å². The Balaban J connectivity index is 2.06. The van der Waals surface area contributed by atoms with Crippen molar-refractivity contribution >= 4 is 5.82 Å². The van der Waals surface area contributed by atoms with E-state index in [-0.39, 0.29) is 0 Å². The van der Waals surface area contributed by atoms with Crippen LogP contribution in [0.4, 0.5) is 5.82 Å². The molecule has 0 bridgehead atoms. The van der Waals surface area contributed by atoms with E-state index >= 15 is 0 Å². The molecule has 0 radical (unpaired) electrons. The van der Waals surface area contributed by atoms with Crippen LogP contribution in [0.5, 0.6) is 0 Å². The van der Waals surface area contributed by atoms with Crippen molar-refractivity contribution in [2.24, 2.45) is 5.92 Å². The molecule has 2 rings (SSSR count). The van der Waals surface area contributed by atoms with Gasteiger partial charge in [0.15, 0.2) is 0 Å². The van der Waals surface area contributed by atoms with Gasteiger partial charge in [-0.05, 0) is 31.7 Å². The molecule has 1 aliphatic heterocycles. The maximum absolute atomic E-state index is 4.49. The molecule has 1 N–H and O–H groups in total. The molecule has 100 valence electrons. The monoisotopic (exact) mass is 248 g/mol. The van der Waals surface area contributed by atoms with Gasteiger partial charge in [0.1, 0.15) is 12.1 Å². The molecule has 1 aliphatic rings. The zero-order valence-corrected chi connectivity index (χ0v) is 11.5. The number of nitrogens with one attached hydrogen (secondary N) is 1. The van der Waals surface area contributed by atoms with E-state index in [4.69, 9.17) is 0 Å². The van der Waals surface area contributed by atoms with Crippen molar-refractivity contribution in [2.75, 3.05) is 24.5 Å². The SMILES string of the molecule is CCCNCc1cncnc1N1CCCC(C)C1. The van der Waals surface area contributed by atoms with Crippen molar-refractivity contribution in [1.29, 1.82) is 0 Å². The van der Waals surface area contributed by atoms with Crippen molar-refractivity contribution in [1.82, 2.24) is 15.3 Å². The molecule has 0 saturated carbocycles. The van der Waals surface area contributed by atoms with Gasteiger partial charge in [-0.2, -0.15) is 0 Å². The maximum Gasteiger partial charge on any atom is 0.136 e. The van der Waals surface area contributed by atoms with Gasteiger partial charge in [-0.1, -0.05) is 13.8 Å². The van der Waals surface area contributed by atoms with Gasteiger partial charge in [-0.25, -0.2) is 9.97 Å². The average molecular weight is 248 g/mol. The van der Waals surface area contributed by atoms with Crippen LogP contribution in [0.25, 0.3) is 0 Å². The molecule has 4 heteroatoms. The standard InChI is InChI=1S/C14H24N4/c1-3-6-15-8-13-9-16-11-17-14(13)18-7-4-5-12(2)10-18/h9,11-12,15H,3-8,10H2,1-2H3. The van der Waals surface area contributed by atoms with Crippen LogP contribution in [-0.4, -0.2) is 29.6 Å². The van der Waals surface area contributed by atoms with Gasteiger partial charge in [-0.3, -0.25) is 0 Å². The summed E-state index contributed by atoms with van der Waals surface area (Å²) in [7, 11) is 0. The third kappa shape index (κ3) is 3.42. The molecule has 2 heterocycles. The first-order valence-electron chi connectivity index (χ1n) is 7.05. The number of rotatable bonds is 5. The number of hydrogen-bond acceptors (Lipinski definition) is 4. The van der Waals surface area contributed by atoms with E-state index in [9.17, 15) is 0 Å². The Hall–Kier alpha value is -1.16. The third-order valence-electron chi connectivity index (χ3n) is 3.46. The van der Waals surface area contributed by atoms with Crippen LogP contribution in [0.3, 0.4) is 0 Å². The minimum atomic E-state index is 0.769. The molecule has 0 aliphatic carbocycles. The fourth-order valence-electron chi connectivity index (χ4n) is 2.54. The number of anilines is 1. The molecule has 1 fully saturated rings. The highest BCUT2D eigenvalue weighted by molar-refractivity contribution is 5.45. The Bertz CT molecular complexity index is 367. The normalized spacial score (nSPS) is 20.1. The molecule has 1 saturated heterocycles. The van der Waals surface area contributed by atoms with Crippen molar-refractivity contribution in [3.05, 3.63) is 18.1 Å². The lowest BCUT2D eigenvalue weighted by Gasteiger charge is -2.32. The van der Waals surface area contributed by atoms with Crippen molar-refractivity contribution < 1.29 is 0 Å². The highest BCUT2D eigenvalue weighted by Gasteiger charge is 2.19. The molecule has 1 unspecified atom stereocenters. The van der Waals surface area contributed by atoms with Crippen LogP contribution in [0.2, 0.25) is 0 Å². The smallest absolute Gasteiger partial charge is 0.136 e.